The Kier molecular flexibility index (Phi) is 12.2. The minimum Gasteiger partial charge on any atom is -0.494 e. The Morgan fingerprint density at radius 2 is 1.33 bits per heavy atom. The number of carbonyl (C=O) groups is 2. The van der Waals surface area contributed by atoms with Crippen LogP contribution in [0.3, 0.4) is 0 Å². The number of rotatable bonds is 15. The number of fused-ring (bicyclic) bond motifs is 1. The zero-order chi connectivity index (χ0) is 33.7. The summed E-state index contributed by atoms with van der Waals surface area (Å²) in [7, 11) is 1.50. The van der Waals surface area contributed by atoms with Gasteiger partial charge in [-0.25, -0.2) is 9.59 Å². The van der Waals surface area contributed by atoms with Gasteiger partial charge in [-0.3, -0.25) is 4.99 Å². The van der Waals surface area contributed by atoms with Crippen molar-refractivity contribution in [3.05, 3.63) is 125 Å². The van der Waals surface area contributed by atoms with Crippen LogP contribution in [0, 0.1) is 0 Å². The average Bonchev–Trinajstić information content (AvgIpc) is 3.11. The van der Waals surface area contributed by atoms with Crippen LogP contribution in [0.5, 0.6) is 23.0 Å². The second kappa shape index (κ2) is 17.1. The predicted octanol–water partition coefficient (Wildman–Crippen LogP) is 10.4. The molecule has 0 heterocycles. The molecular formula is C40H38ClNO6. The van der Waals surface area contributed by atoms with Crippen LogP contribution in [-0.2, 0) is 0 Å². The average molecular weight is 664 g/mol. The fourth-order valence-corrected chi connectivity index (χ4v) is 5.15. The Labute approximate surface area is 286 Å². The third-order valence-electron chi connectivity index (χ3n) is 7.69. The number of carbonyl (C=O) groups excluding carboxylic acids is 2. The third kappa shape index (κ3) is 9.69. The lowest BCUT2D eigenvalue weighted by atomic mass is 10.1. The maximum Gasteiger partial charge on any atom is 0.343 e. The molecule has 246 valence electrons. The molecule has 0 aliphatic carbocycles. The van der Waals surface area contributed by atoms with E-state index in [0.29, 0.717) is 39.9 Å². The first-order valence-electron chi connectivity index (χ1n) is 16.1. The first-order chi connectivity index (χ1) is 23.4. The molecule has 7 nitrogen and oxygen atoms in total. The molecule has 0 spiro atoms. The van der Waals surface area contributed by atoms with E-state index >= 15 is 0 Å². The van der Waals surface area contributed by atoms with E-state index in [1.54, 1.807) is 79.0 Å². The number of ether oxygens (including phenoxy) is 4. The maximum absolute atomic E-state index is 12.9. The van der Waals surface area contributed by atoms with Crippen LogP contribution >= 0.6 is 11.6 Å². The standard InChI is InChI=1S/C40H38ClNO6/c1-3-4-5-6-7-8-23-46-36-19-14-30-25-32(11-10-31(30)26-36)40(44)47-35-20-17-34(18-21-35)42-27-28-9-22-37(38(24-28)45-2)48-39(43)29-12-15-33(41)16-13-29/h9-22,24-27H,3-8,23H2,1-2H3. The van der Waals surface area contributed by atoms with Gasteiger partial charge in [0.05, 0.1) is 30.5 Å². The molecule has 0 aliphatic rings. The highest BCUT2D eigenvalue weighted by Crippen LogP contribution is 2.29. The number of halogens is 1. The summed E-state index contributed by atoms with van der Waals surface area (Å²) in [5, 5.41) is 2.47. The van der Waals surface area contributed by atoms with Gasteiger partial charge in [0, 0.05) is 11.2 Å². The molecular weight excluding hydrogens is 626 g/mol. The monoisotopic (exact) mass is 663 g/mol. The molecule has 0 N–H and O–H groups in total. The Morgan fingerprint density at radius 3 is 2.10 bits per heavy atom. The van der Waals surface area contributed by atoms with Crippen molar-refractivity contribution in [2.45, 2.75) is 45.4 Å². The van der Waals surface area contributed by atoms with Crippen LogP contribution in [0.2, 0.25) is 5.02 Å². The van der Waals surface area contributed by atoms with Crippen molar-refractivity contribution in [3.8, 4) is 23.0 Å². The SMILES string of the molecule is CCCCCCCCOc1ccc2cc(C(=O)Oc3ccc(N=Cc4ccc(OC(=O)c5ccc(Cl)cc5)c(OC)c4)cc3)ccc2c1. The van der Waals surface area contributed by atoms with E-state index < -0.39 is 11.9 Å². The van der Waals surface area contributed by atoms with Crippen molar-refractivity contribution in [2.24, 2.45) is 4.99 Å². The summed E-state index contributed by atoms with van der Waals surface area (Å²) in [5.41, 5.74) is 2.23. The van der Waals surface area contributed by atoms with Gasteiger partial charge < -0.3 is 18.9 Å². The molecule has 5 aromatic carbocycles. The summed E-state index contributed by atoms with van der Waals surface area (Å²) < 4.78 is 22.5. The topological polar surface area (TPSA) is 83.4 Å². The summed E-state index contributed by atoms with van der Waals surface area (Å²) >= 11 is 5.90. The van der Waals surface area contributed by atoms with Gasteiger partial charge in [-0.1, -0.05) is 62.8 Å². The lowest BCUT2D eigenvalue weighted by Crippen LogP contribution is -2.09. The Bertz CT molecular complexity index is 1870. The fourth-order valence-electron chi connectivity index (χ4n) is 5.02. The molecule has 0 amide bonds. The predicted molar refractivity (Wildman–Crippen MR) is 191 cm³/mol. The highest BCUT2D eigenvalue weighted by atomic mass is 35.5. The second-order valence-corrected chi connectivity index (χ2v) is 11.7. The molecule has 0 atom stereocenters. The summed E-state index contributed by atoms with van der Waals surface area (Å²) in [6.07, 6.45) is 9.00. The summed E-state index contributed by atoms with van der Waals surface area (Å²) in [4.78, 5) is 29.9. The number of benzene rings is 5. The van der Waals surface area contributed by atoms with Gasteiger partial charge in [-0.05, 0) is 114 Å². The minimum atomic E-state index is -0.522. The van der Waals surface area contributed by atoms with Gasteiger partial charge in [0.15, 0.2) is 11.5 Å². The van der Waals surface area contributed by atoms with Crippen LogP contribution in [0.25, 0.3) is 10.8 Å². The van der Waals surface area contributed by atoms with E-state index in [1.165, 1.54) is 39.2 Å². The van der Waals surface area contributed by atoms with Crippen molar-refractivity contribution < 1.29 is 28.5 Å². The van der Waals surface area contributed by atoms with Gasteiger partial charge in [0.25, 0.3) is 0 Å². The summed E-state index contributed by atoms with van der Waals surface area (Å²) in [5.74, 6) is 0.942. The van der Waals surface area contributed by atoms with Crippen LogP contribution in [0.1, 0.15) is 71.7 Å². The van der Waals surface area contributed by atoms with Crippen molar-refractivity contribution >= 4 is 46.2 Å². The molecule has 48 heavy (non-hydrogen) atoms. The van der Waals surface area contributed by atoms with Crippen molar-refractivity contribution in [1.82, 2.24) is 0 Å². The van der Waals surface area contributed by atoms with Crippen molar-refractivity contribution in [2.75, 3.05) is 13.7 Å². The van der Waals surface area contributed by atoms with E-state index in [9.17, 15) is 9.59 Å². The normalized spacial score (nSPS) is 11.1. The van der Waals surface area contributed by atoms with Gasteiger partial charge in [0.2, 0.25) is 0 Å². The van der Waals surface area contributed by atoms with Crippen LogP contribution in [0.4, 0.5) is 5.69 Å². The first-order valence-corrected chi connectivity index (χ1v) is 16.5. The van der Waals surface area contributed by atoms with E-state index in [0.717, 1.165) is 28.5 Å². The van der Waals surface area contributed by atoms with E-state index in [2.05, 4.69) is 11.9 Å². The van der Waals surface area contributed by atoms with Gasteiger partial charge >= 0.3 is 11.9 Å². The highest BCUT2D eigenvalue weighted by molar-refractivity contribution is 6.30. The first kappa shape index (κ1) is 34.2. The van der Waals surface area contributed by atoms with Crippen LogP contribution < -0.4 is 18.9 Å². The van der Waals surface area contributed by atoms with Crippen LogP contribution in [-0.4, -0.2) is 31.9 Å². The summed E-state index contributed by atoms with van der Waals surface area (Å²) in [6.45, 7) is 2.93. The number of nitrogens with zero attached hydrogens (tertiary/aromatic N) is 1. The third-order valence-corrected chi connectivity index (χ3v) is 7.95. The molecule has 0 fully saturated rings. The van der Waals surface area contributed by atoms with Gasteiger partial charge in [0.1, 0.15) is 11.5 Å². The van der Waals surface area contributed by atoms with E-state index in [-0.39, 0.29) is 5.75 Å². The molecule has 0 saturated carbocycles. The number of esters is 2. The number of hydrogen-bond acceptors (Lipinski definition) is 7. The number of hydrogen-bond donors (Lipinski definition) is 0. The van der Waals surface area contributed by atoms with E-state index in [1.807, 2.05) is 30.3 Å². The fraction of sp³-hybridized carbons (Fsp3) is 0.225. The zero-order valence-corrected chi connectivity index (χ0v) is 27.9. The molecule has 0 unspecified atom stereocenters. The molecule has 8 heteroatoms. The Hall–Kier alpha value is -5.14. The molecule has 0 aromatic heterocycles. The molecule has 0 aliphatic heterocycles. The lowest BCUT2D eigenvalue weighted by Gasteiger charge is -2.10. The molecule has 5 rings (SSSR count). The van der Waals surface area contributed by atoms with Crippen LogP contribution in [0.15, 0.2) is 108 Å². The summed E-state index contributed by atoms with van der Waals surface area (Å²) in [6, 6.07) is 29.9. The zero-order valence-electron chi connectivity index (χ0n) is 27.1. The largest absolute Gasteiger partial charge is 0.494 e. The maximum atomic E-state index is 12.9. The van der Waals surface area contributed by atoms with Crippen molar-refractivity contribution in [3.63, 3.8) is 0 Å². The molecule has 5 aromatic rings. The Balaban J connectivity index is 1.14. The molecule has 0 bridgehead atoms. The molecule has 0 saturated heterocycles. The highest BCUT2D eigenvalue weighted by Gasteiger charge is 2.13. The Morgan fingerprint density at radius 1 is 0.667 bits per heavy atom. The van der Waals surface area contributed by atoms with Gasteiger partial charge in [-0.2, -0.15) is 0 Å². The smallest absolute Gasteiger partial charge is 0.343 e. The number of unbranched alkanes of at least 4 members (excludes halogenated alkanes) is 5. The quantitative estimate of drug-likeness (QED) is 0.0480. The van der Waals surface area contributed by atoms with E-state index in [4.69, 9.17) is 30.5 Å². The minimum absolute atomic E-state index is 0.282. The second-order valence-electron chi connectivity index (χ2n) is 11.3. The van der Waals surface area contributed by atoms with Gasteiger partial charge in [-0.15, -0.1) is 0 Å². The molecule has 0 radical (unpaired) electrons. The van der Waals surface area contributed by atoms with Crippen molar-refractivity contribution in [1.29, 1.82) is 0 Å². The lowest BCUT2D eigenvalue weighted by molar-refractivity contribution is 0.0722. The number of aliphatic imine (C=N–C) groups is 1. The number of methoxy groups -OCH3 is 1.